The van der Waals surface area contributed by atoms with E-state index in [4.69, 9.17) is 0 Å². The van der Waals surface area contributed by atoms with Crippen molar-refractivity contribution in [3.05, 3.63) is 0 Å². The van der Waals surface area contributed by atoms with Crippen LogP contribution < -0.4 is 0 Å². The zero-order chi connectivity index (χ0) is 8.27. The Bertz CT molecular complexity index is 161. The summed E-state index contributed by atoms with van der Waals surface area (Å²) < 4.78 is 0. The van der Waals surface area contributed by atoms with Crippen LogP contribution >= 0.6 is 0 Å². The molecule has 0 aromatic heterocycles. The van der Waals surface area contributed by atoms with Gasteiger partial charge in [0, 0.05) is 26.7 Å². The molecule has 0 atom stereocenters. The van der Waals surface area contributed by atoms with Crippen LogP contribution in [0, 0.1) is 0 Å². The molecule has 4 nitrogen and oxygen atoms in total. The van der Waals surface area contributed by atoms with Gasteiger partial charge in [-0.3, -0.25) is 9.80 Å². The molecule has 0 radical (unpaired) electrons. The van der Waals surface area contributed by atoms with Gasteiger partial charge >= 0.3 is 0 Å². The van der Waals surface area contributed by atoms with Crippen molar-refractivity contribution in [2.45, 2.75) is 6.92 Å². The maximum atomic E-state index is 10.9. The molecule has 0 unspecified atom stereocenters. The van der Waals surface area contributed by atoms with E-state index < -0.39 is 0 Å². The van der Waals surface area contributed by atoms with Crippen molar-refractivity contribution in [3.63, 3.8) is 0 Å². The minimum Gasteiger partial charge on any atom is -0.339 e. The van der Waals surface area contributed by atoms with E-state index in [1.807, 2.05) is 9.91 Å². The molecule has 1 aliphatic rings. The molecule has 0 spiro atoms. The molecule has 0 bridgehead atoms. The summed E-state index contributed by atoms with van der Waals surface area (Å²) in [7, 11) is 0. The molecular weight excluding hydrogens is 142 g/mol. The fourth-order valence-electron chi connectivity index (χ4n) is 1.15. The third kappa shape index (κ3) is 1.93. The molecule has 1 aliphatic heterocycles. The van der Waals surface area contributed by atoms with Gasteiger partial charge in [-0.05, 0) is 0 Å². The number of nitrogens with zero attached hydrogens (tertiary/aromatic N) is 3. The molecule has 4 heteroatoms. The second kappa shape index (κ2) is 3.37. The summed E-state index contributed by atoms with van der Waals surface area (Å²) in [4.78, 5) is 12.7. The van der Waals surface area contributed by atoms with Crippen LogP contribution in [0.3, 0.4) is 0 Å². The standard InChI is InChI=1S/C7H13N3O/c1-7(11)9-3-5-10(8-2)6-4-9/h2-6H2,1H3. The summed E-state index contributed by atoms with van der Waals surface area (Å²) >= 11 is 0. The maximum absolute atomic E-state index is 10.9. The lowest BCUT2D eigenvalue weighted by Crippen LogP contribution is -2.45. The first-order chi connectivity index (χ1) is 5.24. The van der Waals surface area contributed by atoms with Crippen LogP contribution in [-0.2, 0) is 4.79 Å². The first-order valence-corrected chi connectivity index (χ1v) is 3.71. The van der Waals surface area contributed by atoms with E-state index in [0.29, 0.717) is 0 Å². The molecule has 1 fully saturated rings. The first kappa shape index (κ1) is 8.04. The van der Waals surface area contributed by atoms with Gasteiger partial charge < -0.3 is 4.90 Å². The summed E-state index contributed by atoms with van der Waals surface area (Å²) in [6.45, 7) is 8.18. The number of hydrogen-bond donors (Lipinski definition) is 0. The maximum Gasteiger partial charge on any atom is 0.219 e. The van der Waals surface area contributed by atoms with E-state index in [0.717, 1.165) is 26.2 Å². The van der Waals surface area contributed by atoms with E-state index >= 15 is 0 Å². The lowest BCUT2D eigenvalue weighted by Gasteiger charge is -2.31. The summed E-state index contributed by atoms with van der Waals surface area (Å²) in [6.07, 6.45) is 0. The van der Waals surface area contributed by atoms with Crippen molar-refractivity contribution in [1.29, 1.82) is 0 Å². The smallest absolute Gasteiger partial charge is 0.219 e. The van der Waals surface area contributed by atoms with Crippen LogP contribution in [0.5, 0.6) is 0 Å². The van der Waals surface area contributed by atoms with Gasteiger partial charge in [-0.25, -0.2) is 0 Å². The van der Waals surface area contributed by atoms with Gasteiger partial charge in [0.15, 0.2) is 0 Å². The normalized spacial score (nSPS) is 18.3. The highest BCUT2D eigenvalue weighted by atomic mass is 16.2. The molecule has 0 saturated carbocycles. The predicted molar refractivity (Wildman–Crippen MR) is 43.4 cm³/mol. The third-order valence-corrected chi connectivity index (χ3v) is 1.90. The van der Waals surface area contributed by atoms with Gasteiger partial charge in [0.05, 0.1) is 13.1 Å². The van der Waals surface area contributed by atoms with E-state index in [2.05, 4.69) is 11.8 Å². The molecule has 1 heterocycles. The summed E-state index contributed by atoms with van der Waals surface area (Å²) in [5.41, 5.74) is 0. The van der Waals surface area contributed by atoms with Crippen LogP contribution in [0.15, 0.2) is 5.10 Å². The van der Waals surface area contributed by atoms with Gasteiger partial charge in [-0.1, -0.05) is 0 Å². The van der Waals surface area contributed by atoms with Crippen LogP contribution in [-0.4, -0.2) is 48.7 Å². The summed E-state index contributed by atoms with van der Waals surface area (Å²) in [6, 6.07) is 0. The Kier molecular flexibility index (Phi) is 2.46. The number of carbonyl (C=O) groups excluding carboxylic acids is 1. The van der Waals surface area contributed by atoms with E-state index in [9.17, 15) is 4.79 Å². The summed E-state index contributed by atoms with van der Waals surface area (Å²) in [5, 5.41) is 5.66. The summed E-state index contributed by atoms with van der Waals surface area (Å²) in [5.74, 6) is 0.147. The monoisotopic (exact) mass is 155 g/mol. The zero-order valence-corrected chi connectivity index (χ0v) is 6.79. The Labute approximate surface area is 66.5 Å². The van der Waals surface area contributed by atoms with Crippen LogP contribution in [0.25, 0.3) is 0 Å². The highest BCUT2D eigenvalue weighted by molar-refractivity contribution is 5.73. The minimum absolute atomic E-state index is 0.147. The van der Waals surface area contributed by atoms with Crippen molar-refractivity contribution in [1.82, 2.24) is 9.91 Å². The molecule has 0 aliphatic carbocycles. The van der Waals surface area contributed by atoms with E-state index in [-0.39, 0.29) is 5.91 Å². The molecule has 1 saturated heterocycles. The molecule has 0 N–H and O–H groups in total. The Morgan fingerprint density at radius 2 is 1.91 bits per heavy atom. The molecule has 1 amide bonds. The van der Waals surface area contributed by atoms with Gasteiger partial charge in [0.1, 0.15) is 0 Å². The Morgan fingerprint density at radius 3 is 2.27 bits per heavy atom. The lowest BCUT2D eigenvalue weighted by atomic mass is 10.3. The highest BCUT2D eigenvalue weighted by Gasteiger charge is 2.15. The molecule has 0 aromatic carbocycles. The van der Waals surface area contributed by atoms with Crippen molar-refractivity contribution in [2.75, 3.05) is 26.2 Å². The van der Waals surface area contributed by atoms with Crippen molar-refractivity contribution in [3.8, 4) is 0 Å². The topological polar surface area (TPSA) is 35.9 Å². The Hall–Kier alpha value is -1.06. The lowest BCUT2D eigenvalue weighted by molar-refractivity contribution is -0.130. The molecule has 11 heavy (non-hydrogen) atoms. The van der Waals surface area contributed by atoms with E-state index in [1.165, 1.54) is 0 Å². The van der Waals surface area contributed by atoms with Crippen LogP contribution in [0.4, 0.5) is 0 Å². The third-order valence-electron chi connectivity index (χ3n) is 1.90. The van der Waals surface area contributed by atoms with Gasteiger partial charge in [-0.15, -0.1) is 0 Å². The van der Waals surface area contributed by atoms with Gasteiger partial charge in [0.25, 0.3) is 0 Å². The quantitative estimate of drug-likeness (QED) is 0.490. The first-order valence-electron chi connectivity index (χ1n) is 3.71. The number of hydrazone groups is 1. The number of piperazine rings is 1. The van der Waals surface area contributed by atoms with Gasteiger partial charge in [0.2, 0.25) is 5.91 Å². The van der Waals surface area contributed by atoms with Crippen LogP contribution in [0.2, 0.25) is 0 Å². The second-order valence-electron chi connectivity index (χ2n) is 2.60. The predicted octanol–water partition coefficient (Wildman–Crippen LogP) is -0.234. The molecular formula is C7H13N3O. The Morgan fingerprint density at radius 1 is 1.36 bits per heavy atom. The Balaban J connectivity index is 2.35. The van der Waals surface area contributed by atoms with E-state index in [1.54, 1.807) is 6.92 Å². The SMILES string of the molecule is C=NN1CCN(C(C)=O)CC1. The van der Waals surface area contributed by atoms with Crippen molar-refractivity contribution in [2.24, 2.45) is 5.10 Å². The fourth-order valence-corrected chi connectivity index (χ4v) is 1.15. The van der Waals surface area contributed by atoms with Gasteiger partial charge in [-0.2, -0.15) is 5.10 Å². The van der Waals surface area contributed by atoms with Crippen LogP contribution in [0.1, 0.15) is 6.92 Å². The highest BCUT2D eigenvalue weighted by Crippen LogP contribution is 2.00. The molecule has 62 valence electrons. The average molecular weight is 155 g/mol. The number of carbonyl (C=O) groups is 1. The molecule has 1 rings (SSSR count). The fraction of sp³-hybridized carbons (Fsp3) is 0.714. The van der Waals surface area contributed by atoms with Crippen molar-refractivity contribution < 1.29 is 4.79 Å². The second-order valence-corrected chi connectivity index (χ2v) is 2.60. The number of hydrogen-bond acceptors (Lipinski definition) is 3. The molecule has 0 aromatic rings. The number of amides is 1. The zero-order valence-electron chi connectivity index (χ0n) is 6.79. The van der Waals surface area contributed by atoms with Crippen molar-refractivity contribution >= 4 is 12.6 Å². The largest absolute Gasteiger partial charge is 0.339 e. The number of rotatable bonds is 1. The average Bonchev–Trinajstić information content (AvgIpc) is 2.05. The minimum atomic E-state index is 0.147.